The van der Waals surface area contributed by atoms with Crippen LogP contribution in [0, 0.1) is 11.3 Å². The maximum Gasteiger partial charge on any atom is 0.234 e. The van der Waals surface area contributed by atoms with Crippen LogP contribution in [-0.2, 0) is 10.5 Å². The molecule has 0 radical (unpaired) electrons. The molecule has 0 fully saturated rings. The largest absolute Gasteiger partial charge is 0.356 e. The molecule has 0 aliphatic rings. The fourth-order valence-corrected chi connectivity index (χ4v) is 3.29. The Labute approximate surface area is 163 Å². The van der Waals surface area contributed by atoms with Crippen LogP contribution in [0.3, 0.4) is 0 Å². The van der Waals surface area contributed by atoms with Crippen LogP contribution in [0.15, 0.2) is 78.9 Å². The SMILES string of the molecule is N#Cc1cccc(CSCC(=O)Nc2ccc(Nc3ccccc3)cc2)c1. The summed E-state index contributed by atoms with van der Waals surface area (Å²) in [6.45, 7) is 0. The monoisotopic (exact) mass is 373 g/mol. The predicted molar refractivity (Wildman–Crippen MR) is 112 cm³/mol. The fraction of sp³-hybridized carbons (Fsp3) is 0.0909. The number of para-hydroxylation sites is 1. The van der Waals surface area contributed by atoms with E-state index in [1.54, 1.807) is 6.07 Å². The van der Waals surface area contributed by atoms with E-state index in [9.17, 15) is 4.79 Å². The molecule has 3 aromatic rings. The van der Waals surface area contributed by atoms with Gasteiger partial charge >= 0.3 is 0 Å². The number of nitrogens with one attached hydrogen (secondary N) is 2. The minimum absolute atomic E-state index is 0.0415. The summed E-state index contributed by atoms with van der Waals surface area (Å²) in [6.07, 6.45) is 0. The first kappa shape index (κ1) is 18.6. The van der Waals surface area contributed by atoms with Gasteiger partial charge in [0, 0.05) is 22.8 Å². The molecular formula is C22H19N3OS. The van der Waals surface area contributed by atoms with Crippen LogP contribution in [0.25, 0.3) is 0 Å². The Morgan fingerprint density at radius 2 is 1.59 bits per heavy atom. The van der Waals surface area contributed by atoms with Crippen LogP contribution in [0.2, 0.25) is 0 Å². The van der Waals surface area contributed by atoms with E-state index in [2.05, 4.69) is 16.7 Å². The summed E-state index contributed by atoms with van der Waals surface area (Å²) in [7, 11) is 0. The summed E-state index contributed by atoms with van der Waals surface area (Å²) in [4.78, 5) is 12.1. The first-order chi connectivity index (χ1) is 13.2. The van der Waals surface area contributed by atoms with E-state index in [1.165, 1.54) is 11.8 Å². The van der Waals surface area contributed by atoms with Crippen LogP contribution in [0.4, 0.5) is 17.1 Å². The van der Waals surface area contributed by atoms with Crippen molar-refractivity contribution in [1.29, 1.82) is 5.26 Å². The van der Waals surface area contributed by atoms with Crippen molar-refractivity contribution < 1.29 is 4.79 Å². The first-order valence-electron chi connectivity index (χ1n) is 8.52. The Hall–Kier alpha value is -3.23. The Kier molecular flexibility index (Phi) is 6.50. The van der Waals surface area contributed by atoms with Crippen LogP contribution >= 0.6 is 11.8 Å². The van der Waals surface area contributed by atoms with Gasteiger partial charge in [-0.15, -0.1) is 11.8 Å². The first-order valence-corrected chi connectivity index (χ1v) is 9.67. The number of thioether (sulfide) groups is 1. The lowest BCUT2D eigenvalue weighted by molar-refractivity contribution is -0.113. The average molecular weight is 373 g/mol. The lowest BCUT2D eigenvalue weighted by Gasteiger charge is -2.09. The van der Waals surface area contributed by atoms with Gasteiger partial charge in [0.05, 0.1) is 17.4 Å². The number of amides is 1. The van der Waals surface area contributed by atoms with Gasteiger partial charge in [0.1, 0.15) is 0 Å². The van der Waals surface area contributed by atoms with E-state index in [4.69, 9.17) is 5.26 Å². The Balaban J connectivity index is 1.45. The summed E-state index contributed by atoms with van der Waals surface area (Å²) >= 11 is 1.52. The van der Waals surface area contributed by atoms with Gasteiger partial charge in [0.25, 0.3) is 0 Å². The van der Waals surface area contributed by atoms with Crippen LogP contribution in [-0.4, -0.2) is 11.7 Å². The molecule has 3 rings (SSSR count). The zero-order valence-corrected chi connectivity index (χ0v) is 15.5. The third kappa shape index (κ3) is 5.91. The zero-order chi connectivity index (χ0) is 18.9. The third-order valence-corrected chi connectivity index (χ3v) is 4.79. The van der Waals surface area contributed by atoms with Gasteiger partial charge in [-0.2, -0.15) is 5.26 Å². The highest BCUT2D eigenvalue weighted by Gasteiger charge is 2.04. The van der Waals surface area contributed by atoms with Crippen molar-refractivity contribution in [3.05, 3.63) is 90.0 Å². The number of hydrogen-bond acceptors (Lipinski definition) is 4. The number of nitrogens with zero attached hydrogens (tertiary/aromatic N) is 1. The zero-order valence-electron chi connectivity index (χ0n) is 14.7. The number of benzene rings is 3. The lowest BCUT2D eigenvalue weighted by atomic mass is 10.2. The molecule has 5 heteroatoms. The molecule has 0 heterocycles. The predicted octanol–water partition coefficient (Wildman–Crippen LogP) is 5.17. The minimum atomic E-state index is -0.0415. The van der Waals surface area contributed by atoms with Crippen LogP contribution < -0.4 is 10.6 Å². The molecule has 0 saturated carbocycles. The van der Waals surface area contributed by atoms with Crippen molar-refractivity contribution in [2.75, 3.05) is 16.4 Å². The number of carbonyl (C=O) groups is 1. The molecule has 4 nitrogen and oxygen atoms in total. The summed E-state index contributed by atoms with van der Waals surface area (Å²) in [5, 5.41) is 15.1. The van der Waals surface area contributed by atoms with Gasteiger partial charge in [0.2, 0.25) is 5.91 Å². The number of anilines is 3. The molecule has 0 saturated heterocycles. The van der Waals surface area contributed by atoms with Crippen molar-refractivity contribution in [2.24, 2.45) is 0 Å². The highest BCUT2D eigenvalue weighted by Crippen LogP contribution is 2.19. The summed E-state index contributed by atoms with van der Waals surface area (Å²) in [6, 6.07) is 27.1. The van der Waals surface area contributed by atoms with Gasteiger partial charge in [0.15, 0.2) is 0 Å². The van der Waals surface area contributed by atoms with Gasteiger partial charge in [-0.05, 0) is 54.1 Å². The minimum Gasteiger partial charge on any atom is -0.356 e. The lowest BCUT2D eigenvalue weighted by Crippen LogP contribution is -2.14. The molecule has 0 bridgehead atoms. The molecule has 0 spiro atoms. The van der Waals surface area contributed by atoms with E-state index in [0.29, 0.717) is 17.1 Å². The van der Waals surface area contributed by atoms with Crippen molar-refractivity contribution in [3.8, 4) is 6.07 Å². The Morgan fingerprint density at radius 3 is 2.33 bits per heavy atom. The average Bonchev–Trinajstić information content (AvgIpc) is 2.70. The summed E-state index contributed by atoms with van der Waals surface area (Å²) in [5.41, 5.74) is 4.44. The van der Waals surface area contributed by atoms with Crippen LogP contribution in [0.5, 0.6) is 0 Å². The third-order valence-electron chi connectivity index (χ3n) is 3.79. The van der Waals surface area contributed by atoms with Gasteiger partial charge in [-0.3, -0.25) is 4.79 Å². The van der Waals surface area contributed by atoms with Gasteiger partial charge in [-0.25, -0.2) is 0 Å². The molecule has 134 valence electrons. The van der Waals surface area contributed by atoms with Crippen molar-refractivity contribution in [2.45, 2.75) is 5.75 Å². The van der Waals surface area contributed by atoms with E-state index >= 15 is 0 Å². The van der Waals surface area contributed by atoms with Crippen molar-refractivity contribution >= 4 is 34.7 Å². The quantitative estimate of drug-likeness (QED) is 0.599. The molecular weight excluding hydrogens is 354 g/mol. The second-order valence-electron chi connectivity index (χ2n) is 5.92. The molecule has 27 heavy (non-hydrogen) atoms. The van der Waals surface area contributed by atoms with E-state index < -0.39 is 0 Å². The molecule has 3 aromatic carbocycles. The number of hydrogen-bond donors (Lipinski definition) is 2. The van der Waals surface area contributed by atoms with Gasteiger partial charge in [-0.1, -0.05) is 30.3 Å². The van der Waals surface area contributed by atoms with E-state index in [1.807, 2.05) is 72.8 Å². The maximum atomic E-state index is 12.1. The molecule has 1 amide bonds. The highest BCUT2D eigenvalue weighted by molar-refractivity contribution is 7.99. The number of nitriles is 1. The molecule has 0 aliphatic heterocycles. The number of rotatable bonds is 7. The molecule has 0 aromatic heterocycles. The van der Waals surface area contributed by atoms with Crippen molar-refractivity contribution in [3.63, 3.8) is 0 Å². The Morgan fingerprint density at radius 1 is 0.889 bits per heavy atom. The smallest absolute Gasteiger partial charge is 0.234 e. The van der Waals surface area contributed by atoms with E-state index in [0.717, 1.165) is 22.6 Å². The molecule has 0 atom stereocenters. The molecule has 2 N–H and O–H groups in total. The fourth-order valence-electron chi connectivity index (χ4n) is 2.51. The normalized spacial score (nSPS) is 10.0. The van der Waals surface area contributed by atoms with E-state index in [-0.39, 0.29) is 5.91 Å². The highest BCUT2D eigenvalue weighted by atomic mass is 32.2. The standard InChI is InChI=1S/C22H19N3OS/c23-14-17-5-4-6-18(13-17)15-27-16-22(26)25-21-11-9-20(10-12-21)24-19-7-2-1-3-8-19/h1-13,24H,15-16H2,(H,25,26). The van der Waals surface area contributed by atoms with Gasteiger partial charge < -0.3 is 10.6 Å². The molecule has 0 unspecified atom stereocenters. The topological polar surface area (TPSA) is 64.9 Å². The second-order valence-corrected chi connectivity index (χ2v) is 6.91. The summed E-state index contributed by atoms with van der Waals surface area (Å²) in [5.74, 6) is 1.02. The summed E-state index contributed by atoms with van der Waals surface area (Å²) < 4.78 is 0. The molecule has 0 aliphatic carbocycles. The van der Waals surface area contributed by atoms with Crippen molar-refractivity contribution in [1.82, 2.24) is 0 Å². The van der Waals surface area contributed by atoms with Crippen LogP contribution in [0.1, 0.15) is 11.1 Å². The Bertz CT molecular complexity index is 934. The number of carbonyl (C=O) groups excluding carboxylic acids is 1. The maximum absolute atomic E-state index is 12.1. The second kappa shape index (κ2) is 9.46.